The number of unbranched alkanes of at least 4 members (excludes halogenated alkanes) is 6. The van der Waals surface area contributed by atoms with Gasteiger partial charge in [0.1, 0.15) is 5.69 Å². The van der Waals surface area contributed by atoms with E-state index in [-0.39, 0.29) is 10.3 Å². The van der Waals surface area contributed by atoms with Gasteiger partial charge in [-0.25, -0.2) is 0 Å². The van der Waals surface area contributed by atoms with Gasteiger partial charge in [-0.2, -0.15) is 14.9 Å². The normalized spacial score (nSPS) is 11.2. The number of hydrogen-bond donors (Lipinski definition) is 1. The molecule has 0 saturated carbocycles. The van der Waals surface area contributed by atoms with Gasteiger partial charge in [0.2, 0.25) is 4.77 Å². The molecule has 0 radical (unpaired) electrons. The number of aromatic nitrogens is 3. The third-order valence-electron chi connectivity index (χ3n) is 4.61. The molecule has 30 heavy (non-hydrogen) atoms. The molecule has 8 heteroatoms. The van der Waals surface area contributed by atoms with E-state index in [1.165, 1.54) is 38.5 Å². The van der Waals surface area contributed by atoms with Gasteiger partial charge in [-0.3, -0.25) is 9.89 Å². The lowest BCUT2D eigenvalue weighted by Gasteiger charge is -2.12. The average Bonchev–Trinajstić information content (AvgIpc) is 2.74. The molecule has 164 valence electrons. The summed E-state index contributed by atoms with van der Waals surface area (Å²) in [5.41, 5.74) is 0.719. The Balaban J connectivity index is 1.99. The second-order valence-electron chi connectivity index (χ2n) is 7.08. The molecule has 0 bridgehead atoms. The van der Waals surface area contributed by atoms with Crippen LogP contribution in [-0.2, 0) is 0 Å². The lowest BCUT2D eigenvalue weighted by atomic mass is 10.1. The third-order valence-corrected chi connectivity index (χ3v) is 4.87. The molecule has 0 saturated heterocycles. The van der Waals surface area contributed by atoms with Crippen LogP contribution in [-0.4, -0.2) is 34.3 Å². The lowest BCUT2D eigenvalue weighted by molar-refractivity contribution is 0.270. The molecule has 0 unspecified atom stereocenters. The van der Waals surface area contributed by atoms with E-state index >= 15 is 0 Å². The van der Waals surface area contributed by atoms with Crippen LogP contribution in [0.25, 0.3) is 0 Å². The van der Waals surface area contributed by atoms with E-state index in [1.54, 1.807) is 13.1 Å². The van der Waals surface area contributed by atoms with E-state index < -0.39 is 0 Å². The molecule has 0 fully saturated rings. The maximum absolute atomic E-state index is 12.1. The number of benzene rings is 1. The first-order chi connectivity index (χ1) is 14.6. The first kappa shape index (κ1) is 23.8. The van der Waals surface area contributed by atoms with Crippen LogP contribution in [0.15, 0.2) is 28.1 Å². The minimum absolute atomic E-state index is 0.140. The average molecular weight is 433 g/mol. The van der Waals surface area contributed by atoms with Crippen LogP contribution in [0.3, 0.4) is 0 Å². The summed E-state index contributed by atoms with van der Waals surface area (Å²) in [7, 11) is 0. The molecule has 1 heterocycles. The molecule has 7 nitrogen and oxygen atoms in total. The Morgan fingerprint density at radius 2 is 1.83 bits per heavy atom. The number of nitrogens with one attached hydrogen (secondary N) is 1. The van der Waals surface area contributed by atoms with Crippen LogP contribution < -0.4 is 15.0 Å². The number of H-pyrrole nitrogens is 1. The summed E-state index contributed by atoms with van der Waals surface area (Å²) in [6.07, 6.45) is 10.3. The maximum Gasteiger partial charge on any atom is 0.296 e. The fourth-order valence-electron chi connectivity index (χ4n) is 2.94. The summed E-state index contributed by atoms with van der Waals surface area (Å²) < 4.78 is 12.9. The predicted molar refractivity (Wildman–Crippen MR) is 123 cm³/mol. The van der Waals surface area contributed by atoms with Crippen LogP contribution >= 0.6 is 12.2 Å². The molecule has 2 aromatic rings. The molecule has 0 aliphatic heterocycles. The highest BCUT2D eigenvalue weighted by Gasteiger charge is 2.07. The number of aromatic amines is 1. The monoisotopic (exact) mass is 432 g/mol. The number of ether oxygens (including phenoxy) is 2. The van der Waals surface area contributed by atoms with Crippen molar-refractivity contribution in [2.45, 2.75) is 65.7 Å². The van der Waals surface area contributed by atoms with Crippen LogP contribution in [0.5, 0.6) is 11.5 Å². The van der Waals surface area contributed by atoms with Gasteiger partial charge < -0.3 is 9.47 Å². The minimum Gasteiger partial charge on any atom is -0.490 e. The quantitative estimate of drug-likeness (QED) is 0.273. The Morgan fingerprint density at radius 3 is 2.57 bits per heavy atom. The van der Waals surface area contributed by atoms with E-state index in [2.05, 4.69) is 22.2 Å². The number of rotatable bonds is 13. The fourth-order valence-corrected chi connectivity index (χ4v) is 3.11. The van der Waals surface area contributed by atoms with Gasteiger partial charge in [-0.05, 0) is 56.2 Å². The van der Waals surface area contributed by atoms with Gasteiger partial charge in [0.05, 0.1) is 19.4 Å². The number of hydrogen-bond acceptors (Lipinski definition) is 6. The van der Waals surface area contributed by atoms with E-state index in [9.17, 15) is 4.79 Å². The van der Waals surface area contributed by atoms with Crippen molar-refractivity contribution in [2.75, 3.05) is 13.2 Å². The fraction of sp³-hybridized carbons (Fsp3) is 0.545. The summed E-state index contributed by atoms with van der Waals surface area (Å²) in [6, 6.07) is 5.59. The molecule has 0 atom stereocenters. The van der Waals surface area contributed by atoms with Crippen molar-refractivity contribution >= 4 is 18.4 Å². The summed E-state index contributed by atoms with van der Waals surface area (Å²) >= 11 is 5.09. The van der Waals surface area contributed by atoms with Crippen molar-refractivity contribution in [1.82, 2.24) is 14.9 Å². The Kier molecular flexibility index (Phi) is 10.3. The molecule has 0 aliphatic rings. The van der Waals surface area contributed by atoms with Crippen LogP contribution in [0.4, 0.5) is 0 Å². The molecule has 0 aliphatic carbocycles. The van der Waals surface area contributed by atoms with Crippen LogP contribution in [0, 0.1) is 11.7 Å². The Morgan fingerprint density at radius 1 is 1.10 bits per heavy atom. The van der Waals surface area contributed by atoms with E-state index in [0.29, 0.717) is 30.4 Å². The summed E-state index contributed by atoms with van der Waals surface area (Å²) in [5.74, 6) is 1.38. The first-order valence-electron chi connectivity index (χ1n) is 10.7. The summed E-state index contributed by atoms with van der Waals surface area (Å²) in [4.78, 5) is 12.1. The van der Waals surface area contributed by atoms with Crippen molar-refractivity contribution in [3.05, 3.63) is 44.6 Å². The van der Waals surface area contributed by atoms with Gasteiger partial charge in [-0.15, -0.1) is 0 Å². The zero-order valence-corrected chi connectivity index (χ0v) is 19.0. The molecule has 0 spiro atoms. The van der Waals surface area contributed by atoms with Gasteiger partial charge in [0.15, 0.2) is 11.5 Å². The number of aryl methyl sites for hydroxylation is 1. The summed E-state index contributed by atoms with van der Waals surface area (Å²) in [5, 5.41) is 10.6. The van der Waals surface area contributed by atoms with Crippen molar-refractivity contribution in [3.63, 3.8) is 0 Å². The first-order valence-corrected chi connectivity index (χ1v) is 11.1. The largest absolute Gasteiger partial charge is 0.490 e. The standard InChI is InChI=1S/C22H32N4O3S/c1-4-6-7-8-9-10-11-14-29-19-13-12-18(15-20(19)28-5-2)16-23-26-21(27)17(3)24-25-22(26)30/h12-13,15-16H,4-11,14H2,1-3H3,(H,25,30)/b23-16-. The highest BCUT2D eigenvalue weighted by molar-refractivity contribution is 7.71. The molecule has 1 aromatic carbocycles. The molecular weight excluding hydrogens is 400 g/mol. The summed E-state index contributed by atoms with van der Waals surface area (Å²) in [6.45, 7) is 6.96. The van der Waals surface area contributed by atoms with Crippen molar-refractivity contribution < 1.29 is 9.47 Å². The van der Waals surface area contributed by atoms with Crippen LogP contribution in [0.1, 0.15) is 70.1 Å². The number of nitrogens with zero attached hydrogens (tertiary/aromatic N) is 3. The Hall–Kier alpha value is -2.48. The smallest absolute Gasteiger partial charge is 0.296 e. The van der Waals surface area contributed by atoms with Gasteiger partial charge in [-0.1, -0.05) is 45.4 Å². The zero-order chi connectivity index (χ0) is 21.8. The molecule has 1 N–H and O–H groups in total. The van der Waals surface area contributed by atoms with Crippen molar-refractivity contribution in [3.8, 4) is 11.5 Å². The molecular formula is C22H32N4O3S. The topological polar surface area (TPSA) is 81.5 Å². The lowest BCUT2D eigenvalue weighted by Crippen LogP contribution is -2.22. The van der Waals surface area contributed by atoms with Gasteiger partial charge >= 0.3 is 0 Å². The minimum atomic E-state index is -0.352. The van der Waals surface area contributed by atoms with Crippen molar-refractivity contribution in [1.29, 1.82) is 0 Å². The van der Waals surface area contributed by atoms with E-state index in [0.717, 1.165) is 16.7 Å². The van der Waals surface area contributed by atoms with Gasteiger partial charge in [0, 0.05) is 0 Å². The van der Waals surface area contributed by atoms with Crippen molar-refractivity contribution in [2.24, 2.45) is 5.10 Å². The SMILES string of the molecule is CCCCCCCCCOc1ccc(/C=N\n2c(=S)[nH]nc(C)c2=O)cc1OCC. The second kappa shape index (κ2) is 13.0. The predicted octanol–water partition coefficient (Wildman–Crippen LogP) is 5.02. The van der Waals surface area contributed by atoms with E-state index in [1.807, 2.05) is 25.1 Å². The Bertz CT molecular complexity index is 937. The highest BCUT2D eigenvalue weighted by Crippen LogP contribution is 2.28. The molecule has 1 aromatic heterocycles. The highest BCUT2D eigenvalue weighted by atomic mass is 32.1. The zero-order valence-electron chi connectivity index (χ0n) is 18.1. The second-order valence-corrected chi connectivity index (χ2v) is 7.47. The maximum atomic E-state index is 12.1. The molecule has 0 amide bonds. The van der Waals surface area contributed by atoms with Gasteiger partial charge in [0.25, 0.3) is 5.56 Å². The van der Waals surface area contributed by atoms with Crippen LogP contribution in [0.2, 0.25) is 0 Å². The molecule has 2 rings (SSSR count). The van der Waals surface area contributed by atoms with E-state index in [4.69, 9.17) is 21.7 Å². The third kappa shape index (κ3) is 7.40. The Labute approximate surface area is 183 Å².